The van der Waals surface area contributed by atoms with Gasteiger partial charge in [0.05, 0.1) is 25.0 Å². The van der Waals surface area contributed by atoms with Crippen LogP contribution in [0.2, 0.25) is 0 Å². The first-order valence-electron chi connectivity index (χ1n) is 7.11. The highest BCUT2D eigenvalue weighted by Gasteiger charge is 2.21. The van der Waals surface area contributed by atoms with Crippen LogP contribution in [0, 0.1) is 0 Å². The van der Waals surface area contributed by atoms with E-state index in [4.69, 9.17) is 4.74 Å². The third kappa shape index (κ3) is 4.51. The maximum Gasteiger partial charge on any atom is 0.161 e. The summed E-state index contributed by atoms with van der Waals surface area (Å²) in [5.74, 6) is 0.887. The SMILES string of the molecule is CCCn1ncc(OC)c1C(CCN(C)C)NCC. The van der Waals surface area contributed by atoms with Crippen LogP contribution in [0.3, 0.4) is 0 Å². The summed E-state index contributed by atoms with van der Waals surface area (Å²) >= 11 is 0. The molecule has 0 radical (unpaired) electrons. The third-order valence-corrected chi connectivity index (χ3v) is 3.15. The van der Waals surface area contributed by atoms with Gasteiger partial charge < -0.3 is 15.0 Å². The molecule has 19 heavy (non-hydrogen) atoms. The highest BCUT2D eigenvalue weighted by Crippen LogP contribution is 2.27. The summed E-state index contributed by atoms with van der Waals surface area (Å²) in [5.41, 5.74) is 1.17. The van der Waals surface area contributed by atoms with Crippen LogP contribution in [0.5, 0.6) is 5.75 Å². The molecule has 0 aliphatic heterocycles. The Morgan fingerprint density at radius 2 is 2.16 bits per heavy atom. The quantitative estimate of drug-likeness (QED) is 0.743. The van der Waals surface area contributed by atoms with E-state index < -0.39 is 0 Å². The number of hydrogen-bond acceptors (Lipinski definition) is 4. The van der Waals surface area contributed by atoms with Crippen molar-refractivity contribution in [2.24, 2.45) is 0 Å². The van der Waals surface area contributed by atoms with Crippen LogP contribution in [0.15, 0.2) is 6.20 Å². The van der Waals surface area contributed by atoms with Crippen LogP contribution in [0.25, 0.3) is 0 Å². The lowest BCUT2D eigenvalue weighted by Crippen LogP contribution is -2.28. The van der Waals surface area contributed by atoms with Crippen molar-refractivity contribution in [1.82, 2.24) is 20.0 Å². The lowest BCUT2D eigenvalue weighted by Gasteiger charge is -2.22. The van der Waals surface area contributed by atoms with Gasteiger partial charge in [-0.05, 0) is 40.0 Å². The van der Waals surface area contributed by atoms with Gasteiger partial charge in [0.25, 0.3) is 0 Å². The number of nitrogens with zero attached hydrogens (tertiary/aromatic N) is 3. The molecule has 0 aromatic carbocycles. The Kier molecular flexibility index (Phi) is 6.87. The molecule has 5 heteroatoms. The molecule has 0 fully saturated rings. The van der Waals surface area contributed by atoms with E-state index in [1.807, 2.05) is 6.20 Å². The minimum atomic E-state index is 0.288. The summed E-state index contributed by atoms with van der Waals surface area (Å²) in [4.78, 5) is 2.21. The van der Waals surface area contributed by atoms with Crippen LogP contribution in [-0.4, -0.2) is 49.0 Å². The number of nitrogens with one attached hydrogen (secondary N) is 1. The molecule has 0 saturated carbocycles. The van der Waals surface area contributed by atoms with Crippen LogP contribution < -0.4 is 10.1 Å². The van der Waals surface area contributed by atoms with Gasteiger partial charge in [0.1, 0.15) is 0 Å². The molecule has 1 heterocycles. The summed E-state index contributed by atoms with van der Waals surface area (Å²) in [5, 5.41) is 7.99. The molecule has 0 aliphatic carbocycles. The molecule has 110 valence electrons. The molecule has 1 rings (SSSR count). The lowest BCUT2D eigenvalue weighted by molar-refractivity contribution is 0.341. The van der Waals surface area contributed by atoms with E-state index in [0.29, 0.717) is 0 Å². The zero-order chi connectivity index (χ0) is 14.3. The maximum absolute atomic E-state index is 5.47. The summed E-state index contributed by atoms with van der Waals surface area (Å²) in [6.45, 7) is 7.22. The zero-order valence-electron chi connectivity index (χ0n) is 12.9. The molecule has 0 bridgehead atoms. The average molecular weight is 268 g/mol. The van der Waals surface area contributed by atoms with Gasteiger partial charge >= 0.3 is 0 Å². The van der Waals surface area contributed by atoms with E-state index in [1.54, 1.807) is 7.11 Å². The predicted molar refractivity (Wildman–Crippen MR) is 78.7 cm³/mol. The molecular weight excluding hydrogens is 240 g/mol. The second kappa shape index (κ2) is 8.17. The van der Waals surface area contributed by atoms with Crippen molar-refractivity contribution in [2.75, 3.05) is 34.3 Å². The van der Waals surface area contributed by atoms with E-state index in [9.17, 15) is 0 Å². The number of aromatic nitrogens is 2. The average Bonchev–Trinajstić information content (AvgIpc) is 2.77. The van der Waals surface area contributed by atoms with Gasteiger partial charge in [0, 0.05) is 6.54 Å². The fourth-order valence-corrected chi connectivity index (χ4v) is 2.25. The molecule has 1 atom stereocenters. The van der Waals surface area contributed by atoms with Crippen molar-refractivity contribution in [3.8, 4) is 5.75 Å². The van der Waals surface area contributed by atoms with E-state index in [1.165, 1.54) is 5.69 Å². The van der Waals surface area contributed by atoms with Gasteiger partial charge in [-0.1, -0.05) is 13.8 Å². The minimum absolute atomic E-state index is 0.288. The molecule has 1 aromatic heterocycles. The summed E-state index contributed by atoms with van der Waals surface area (Å²) in [7, 11) is 5.92. The van der Waals surface area contributed by atoms with Crippen molar-refractivity contribution in [3.63, 3.8) is 0 Å². The second-order valence-electron chi connectivity index (χ2n) is 5.02. The topological polar surface area (TPSA) is 42.3 Å². The number of aryl methyl sites for hydroxylation is 1. The molecule has 0 saturated heterocycles. The van der Waals surface area contributed by atoms with E-state index in [2.05, 4.69) is 47.9 Å². The van der Waals surface area contributed by atoms with Gasteiger partial charge in [0.2, 0.25) is 0 Å². The molecule has 1 N–H and O–H groups in total. The van der Waals surface area contributed by atoms with Crippen molar-refractivity contribution in [2.45, 2.75) is 39.3 Å². The largest absolute Gasteiger partial charge is 0.493 e. The Morgan fingerprint density at radius 3 is 2.68 bits per heavy atom. The van der Waals surface area contributed by atoms with Gasteiger partial charge in [-0.15, -0.1) is 0 Å². The molecule has 1 unspecified atom stereocenters. The first-order valence-corrected chi connectivity index (χ1v) is 7.11. The Labute approximate surface area is 116 Å². The van der Waals surface area contributed by atoms with Crippen LogP contribution >= 0.6 is 0 Å². The van der Waals surface area contributed by atoms with Gasteiger partial charge in [-0.3, -0.25) is 4.68 Å². The van der Waals surface area contributed by atoms with Crippen molar-refractivity contribution < 1.29 is 4.74 Å². The Hall–Kier alpha value is -1.07. The molecular formula is C14H28N4O. The van der Waals surface area contributed by atoms with Gasteiger partial charge in [0.15, 0.2) is 5.75 Å². The molecule has 5 nitrogen and oxygen atoms in total. The summed E-state index contributed by atoms with van der Waals surface area (Å²) in [6, 6.07) is 0.288. The summed E-state index contributed by atoms with van der Waals surface area (Å²) in [6.07, 6.45) is 3.95. The van der Waals surface area contributed by atoms with Gasteiger partial charge in [-0.2, -0.15) is 5.10 Å². The predicted octanol–water partition coefficient (Wildman–Crippen LogP) is 1.90. The minimum Gasteiger partial charge on any atom is -0.493 e. The fraction of sp³-hybridized carbons (Fsp3) is 0.786. The monoisotopic (exact) mass is 268 g/mol. The van der Waals surface area contributed by atoms with Crippen LogP contribution in [0.1, 0.15) is 38.4 Å². The van der Waals surface area contributed by atoms with Crippen LogP contribution in [-0.2, 0) is 6.54 Å². The number of hydrogen-bond donors (Lipinski definition) is 1. The Bertz CT molecular complexity index is 362. The van der Waals surface area contributed by atoms with Crippen LogP contribution in [0.4, 0.5) is 0 Å². The Balaban J connectivity index is 2.94. The highest BCUT2D eigenvalue weighted by molar-refractivity contribution is 5.28. The standard InChI is InChI=1S/C14H28N4O/c1-6-9-18-14(13(19-5)11-16-18)12(15-7-2)8-10-17(3)4/h11-12,15H,6-10H2,1-5H3. The molecule has 0 aliphatic rings. The van der Waals surface area contributed by atoms with E-state index in [-0.39, 0.29) is 6.04 Å². The first-order chi connectivity index (χ1) is 9.13. The normalized spacial score (nSPS) is 12.9. The lowest BCUT2D eigenvalue weighted by atomic mass is 10.1. The Morgan fingerprint density at radius 1 is 1.42 bits per heavy atom. The van der Waals surface area contributed by atoms with Gasteiger partial charge in [-0.25, -0.2) is 0 Å². The molecule has 0 amide bonds. The van der Waals surface area contributed by atoms with Crippen molar-refractivity contribution >= 4 is 0 Å². The third-order valence-electron chi connectivity index (χ3n) is 3.15. The van der Waals surface area contributed by atoms with E-state index in [0.717, 1.165) is 38.2 Å². The van der Waals surface area contributed by atoms with Crippen molar-refractivity contribution in [3.05, 3.63) is 11.9 Å². The highest BCUT2D eigenvalue weighted by atomic mass is 16.5. The zero-order valence-corrected chi connectivity index (χ0v) is 12.9. The maximum atomic E-state index is 5.47. The molecule has 0 spiro atoms. The smallest absolute Gasteiger partial charge is 0.161 e. The second-order valence-corrected chi connectivity index (χ2v) is 5.02. The van der Waals surface area contributed by atoms with Crippen molar-refractivity contribution in [1.29, 1.82) is 0 Å². The first kappa shape index (κ1) is 16.0. The summed E-state index contributed by atoms with van der Waals surface area (Å²) < 4.78 is 7.54. The van der Waals surface area contributed by atoms with E-state index >= 15 is 0 Å². The number of rotatable bonds is 9. The molecule has 1 aromatic rings. The number of ether oxygens (including phenoxy) is 1. The fourth-order valence-electron chi connectivity index (χ4n) is 2.25. The number of methoxy groups -OCH3 is 1.